The van der Waals surface area contributed by atoms with E-state index in [0.717, 1.165) is 4.88 Å². The van der Waals surface area contributed by atoms with Gasteiger partial charge in [-0.05, 0) is 53.4 Å². The van der Waals surface area contributed by atoms with Crippen LogP contribution in [0.3, 0.4) is 0 Å². The van der Waals surface area contributed by atoms with Crippen molar-refractivity contribution in [2.45, 2.75) is 12.6 Å². The molecule has 0 radical (unpaired) electrons. The van der Waals surface area contributed by atoms with E-state index in [1.54, 1.807) is 36.4 Å². The number of hydrogen-bond donors (Lipinski definition) is 1. The molecule has 0 aliphatic carbocycles. The first kappa shape index (κ1) is 25.7. The second kappa shape index (κ2) is 10.6. The summed E-state index contributed by atoms with van der Waals surface area (Å²) in [6, 6.07) is 24.1. The Balaban J connectivity index is 1.43. The van der Waals surface area contributed by atoms with Crippen LogP contribution in [0.1, 0.15) is 27.0 Å². The van der Waals surface area contributed by atoms with Gasteiger partial charge in [-0.3, -0.25) is 9.59 Å². The van der Waals surface area contributed by atoms with Crippen molar-refractivity contribution >= 4 is 45.6 Å². The molecule has 1 unspecified atom stereocenters. The largest absolute Gasteiger partial charge is 0.503 e. The maximum absolute atomic E-state index is 14.0. The summed E-state index contributed by atoms with van der Waals surface area (Å²) >= 11 is 7.69. The molecule has 2 aromatic heterocycles. The highest BCUT2D eigenvalue weighted by atomic mass is 35.5. The highest BCUT2D eigenvalue weighted by Gasteiger charge is 2.45. The van der Waals surface area contributed by atoms with E-state index in [-0.39, 0.29) is 17.9 Å². The second-order valence-corrected chi connectivity index (χ2v) is 10.6. The van der Waals surface area contributed by atoms with Crippen LogP contribution in [0.15, 0.2) is 106 Å². The summed E-state index contributed by atoms with van der Waals surface area (Å²) in [5, 5.41) is 14.0. The van der Waals surface area contributed by atoms with Gasteiger partial charge in [0.25, 0.3) is 5.91 Å². The summed E-state index contributed by atoms with van der Waals surface area (Å²) in [4.78, 5) is 29.8. The molecule has 7 nitrogen and oxygen atoms in total. The third-order valence-corrected chi connectivity index (χ3v) is 7.68. The van der Waals surface area contributed by atoms with Gasteiger partial charge < -0.3 is 23.9 Å². The summed E-state index contributed by atoms with van der Waals surface area (Å²) in [5.74, 6) is -0.406. The van der Waals surface area contributed by atoms with Crippen molar-refractivity contribution in [3.8, 4) is 17.2 Å². The third kappa shape index (κ3) is 4.72. The Labute approximate surface area is 238 Å². The number of Topliss-reactive ketones (excluding diaryl/α,β-unsaturated/α-hetero) is 1. The molecule has 0 saturated heterocycles. The van der Waals surface area contributed by atoms with Gasteiger partial charge in [0.2, 0.25) is 5.78 Å². The van der Waals surface area contributed by atoms with Crippen LogP contribution in [0.2, 0.25) is 5.02 Å². The minimum atomic E-state index is -0.889. The van der Waals surface area contributed by atoms with Crippen molar-refractivity contribution in [2.24, 2.45) is 0 Å². The zero-order valence-electron chi connectivity index (χ0n) is 21.2. The number of aliphatic hydroxyl groups excluding tert-OH is 1. The number of carbonyl (C=O) groups is 2. The van der Waals surface area contributed by atoms with Crippen LogP contribution in [0.25, 0.3) is 11.0 Å². The number of fused-ring (bicyclic) bond motifs is 1. The minimum Gasteiger partial charge on any atom is -0.503 e. The number of furan rings is 1. The van der Waals surface area contributed by atoms with Crippen molar-refractivity contribution in [3.05, 3.63) is 123 Å². The number of ketones is 1. The molecule has 40 heavy (non-hydrogen) atoms. The van der Waals surface area contributed by atoms with E-state index >= 15 is 0 Å². The van der Waals surface area contributed by atoms with Crippen LogP contribution in [0.5, 0.6) is 17.2 Å². The van der Waals surface area contributed by atoms with Gasteiger partial charge in [-0.1, -0.05) is 48.0 Å². The van der Waals surface area contributed by atoms with Gasteiger partial charge in [-0.15, -0.1) is 11.3 Å². The fraction of sp³-hybridized carbons (Fsp3) is 0.0968. The van der Waals surface area contributed by atoms with Crippen LogP contribution in [-0.2, 0) is 11.3 Å². The molecule has 6 rings (SSSR count). The lowest BCUT2D eigenvalue weighted by Crippen LogP contribution is -2.30. The van der Waals surface area contributed by atoms with Crippen molar-refractivity contribution in [2.75, 3.05) is 7.11 Å². The van der Waals surface area contributed by atoms with Crippen molar-refractivity contribution in [1.29, 1.82) is 0 Å². The van der Waals surface area contributed by atoms with E-state index in [2.05, 4.69) is 0 Å². The van der Waals surface area contributed by atoms with Crippen LogP contribution < -0.4 is 9.47 Å². The first-order chi connectivity index (χ1) is 19.4. The predicted octanol–water partition coefficient (Wildman–Crippen LogP) is 7.73. The fourth-order valence-electron chi connectivity index (χ4n) is 4.82. The zero-order chi connectivity index (χ0) is 27.8. The van der Waals surface area contributed by atoms with Gasteiger partial charge in [-0.2, -0.15) is 0 Å². The number of aliphatic hydroxyl groups is 1. The molecule has 5 aromatic rings. The lowest BCUT2D eigenvalue weighted by molar-refractivity contribution is -0.130. The van der Waals surface area contributed by atoms with E-state index in [9.17, 15) is 14.7 Å². The van der Waals surface area contributed by atoms with E-state index in [4.69, 9.17) is 25.5 Å². The molecule has 3 aromatic carbocycles. The number of carbonyl (C=O) groups excluding carboxylic acids is 2. The van der Waals surface area contributed by atoms with Gasteiger partial charge >= 0.3 is 0 Å². The highest BCUT2D eigenvalue weighted by Crippen LogP contribution is 2.42. The zero-order valence-corrected chi connectivity index (χ0v) is 22.7. The Kier molecular flexibility index (Phi) is 6.79. The number of ether oxygens (including phenoxy) is 2. The molecule has 1 atom stereocenters. The Bertz CT molecular complexity index is 1760. The second-order valence-electron chi connectivity index (χ2n) is 9.13. The van der Waals surface area contributed by atoms with E-state index in [0.29, 0.717) is 38.8 Å². The molecular weight excluding hydrogens is 550 g/mol. The number of nitrogens with zero attached hydrogens (tertiary/aromatic N) is 1. The first-order valence-corrected chi connectivity index (χ1v) is 13.6. The smallest absolute Gasteiger partial charge is 0.290 e. The fourth-order valence-corrected chi connectivity index (χ4v) is 5.74. The number of halogens is 1. The Morgan fingerprint density at radius 2 is 1.82 bits per heavy atom. The summed E-state index contributed by atoms with van der Waals surface area (Å²) < 4.78 is 17.3. The van der Waals surface area contributed by atoms with Crippen molar-refractivity contribution in [1.82, 2.24) is 4.90 Å². The van der Waals surface area contributed by atoms with E-state index < -0.39 is 23.5 Å². The average Bonchev–Trinajstić information content (AvgIpc) is 3.69. The number of thiophene rings is 1. The number of amides is 1. The van der Waals surface area contributed by atoms with Crippen LogP contribution in [-0.4, -0.2) is 28.8 Å². The van der Waals surface area contributed by atoms with Gasteiger partial charge in [0.15, 0.2) is 22.9 Å². The minimum absolute atomic E-state index is 0.0513. The molecule has 0 fully saturated rings. The molecule has 3 heterocycles. The molecular formula is C31H22ClNO6S. The number of hydrogen-bond acceptors (Lipinski definition) is 7. The standard InChI is InChI=1S/C31H22ClNO6S/c1-37-25-16-20(32)13-19-15-24(39-30(19)25)28(34)26-27(33(31(36)29(26)35)17-23-11-6-12-40-23)18-7-5-10-22(14-18)38-21-8-3-2-4-9-21/h2-16,27,35H,17H2,1H3. The number of rotatable bonds is 8. The summed E-state index contributed by atoms with van der Waals surface area (Å²) in [6.45, 7) is 0.204. The molecule has 1 amide bonds. The SMILES string of the molecule is COc1cc(Cl)cc2cc(C(=O)C3=C(O)C(=O)N(Cc4cccs4)C3c3cccc(Oc4ccccc4)c3)oc12. The normalized spacial score (nSPS) is 15.2. The van der Waals surface area contributed by atoms with Crippen molar-refractivity contribution in [3.63, 3.8) is 0 Å². The van der Waals surface area contributed by atoms with Crippen LogP contribution >= 0.6 is 22.9 Å². The molecule has 9 heteroatoms. The molecule has 1 N–H and O–H groups in total. The summed E-state index contributed by atoms with van der Waals surface area (Å²) in [5.41, 5.74) is 0.856. The van der Waals surface area contributed by atoms with Gasteiger partial charge in [0, 0.05) is 21.4 Å². The van der Waals surface area contributed by atoms with Gasteiger partial charge in [0.05, 0.1) is 25.3 Å². The molecule has 0 saturated carbocycles. The van der Waals surface area contributed by atoms with Crippen molar-refractivity contribution < 1.29 is 28.6 Å². The maximum Gasteiger partial charge on any atom is 0.290 e. The predicted molar refractivity (Wildman–Crippen MR) is 152 cm³/mol. The van der Waals surface area contributed by atoms with Crippen LogP contribution in [0, 0.1) is 0 Å². The quantitative estimate of drug-likeness (QED) is 0.192. The lowest BCUT2D eigenvalue weighted by Gasteiger charge is -2.26. The Morgan fingerprint density at radius 1 is 1.02 bits per heavy atom. The molecule has 0 bridgehead atoms. The summed E-state index contributed by atoms with van der Waals surface area (Å²) in [7, 11) is 1.47. The number of para-hydroxylation sites is 1. The number of methoxy groups -OCH3 is 1. The summed E-state index contributed by atoms with van der Waals surface area (Å²) in [6.07, 6.45) is 0. The topological polar surface area (TPSA) is 89.2 Å². The monoisotopic (exact) mass is 571 g/mol. The molecule has 0 spiro atoms. The van der Waals surface area contributed by atoms with E-state index in [1.165, 1.54) is 29.4 Å². The third-order valence-electron chi connectivity index (χ3n) is 6.60. The Hall–Kier alpha value is -4.53. The molecule has 200 valence electrons. The van der Waals surface area contributed by atoms with Crippen LogP contribution in [0.4, 0.5) is 0 Å². The molecule has 1 aliphatic rings. The first-order valence-electron chi connectivity index (χ1n) is 12.3. The van der Waals surface area contributed by atoms with Gasteiger partial charge in [0.1, 0.15) is 11.5 Å². The van der Waals surface area contributed by atoms with E-state index in [1.807, 2.05) is 47.8 Å². The average molecular weight is 572 g/mol. The highest BCUT2D eigenvalue weighted by molar-refractivity contribution is 7.09. The maximum atomic E-state index is 14.0. The van der Waals surface area contributed by atoms with Gasteiger partial charge in [-0.25, -0.2) is 0 Å². The number of benzene rings is 3. The Morgan fingerprint density at radius 3 is 2.58 bits per heavy atom. The molecule has 1 aliphatic heterocycles. The lowest BCUT2D eigenvalue weighted by atomic mass is 9.94.